The smallest absolute Gasteiger partial charge is 0.410 e. The van der Waals surface area contributed by atoms with Gasteiger partial charge >= 0.3 is 11.8 Å². The molecule has 0 spiro atoms. The molecule has 0 saturated heterocycles. The number of amides is 1. The molecule has 1 aromatic rings. The Kier molecular flexibility index (Phi) is 2.95. The third kappa shape index (κ3) is 2.38. The maximum Gasteiger partial charge on any atom is 0.410 e. The first kappa shape index (κ1) is 13.3. The number of imidazole rings is 1. The van der Waals surface area contributed by atoms with Crippen molar-refractivity contribution in [3.8, 4) is 5.88 Å². The van der Waals surface area contributed by atoms with Crippen molar-refractivity contribution >= 4 is 6.09 Å². The van der Waals surface area contributed by atoms with E-state index >= 15 is 0 Å². The van der Waals surface area contributed by atoms with Crippen molar-refractivity contribution in [1.82, 2.24) is 14.2 Å². The molecule has 19 heavy (non-hydrogen) atoms. The minimum atomic E-state index is -0.712. The highest BCUT2D eigenvalue weighted by molar-refractivity contribution is 5.68. The fraction of sp³-hybridized carbons (Fsp3) is 0.636. The highest BCUT2D eigenvalue weighted by atomic mass is 16.6. The zero-order chi connectivity index (χ0) is 14.4. The van der Waals surface area contributed by atoms with E-state index in [1.807, 2.05) is 0 Å². The molecule has 0 unspecified atom stereocenters. The summed E-state index contributed by atoms with van der Waals surface area (Å²) < 4.78 is 6.62. The third-order valence-electron chi connectivity index (χ3n) is 2.78. The third-order valence-corrected chi connectivity index (χ3v) is 2.78. The van der Waals surface area contributed by atoms with Crippen molar-refractivity contribution in [2.24, 2.45) is 0 Å². The van der Waals surface area contributed by atoms with Crippen LogP contribution in [0.15, 0.2) is 4.79 Å². The summed E-state index contributed by atoms with van der Waals surface area (Å²) in [7, 11) is 0. The lowest BCUT2D eigenvalue weighted by atomic mass is 10.2. The lowest BCUT2D eigenvalue weighted by Crippen LogP contribution is -2.43. The van der Waals surface area contributed by atoms with E-state index in [1.54, 1.807) is 20.8 Å². The molecule has 0 aromatic carbocycles. The van der Waals surface area contributed by atoms with Crippen LogP contribution in [0.3, 0.4) is 0 Å². The van der Waals surface area contributed by atoms with Crippen molar-refractivity contribution in [3.63, 3.8) is 0 Å². The summed E-state index contributed by atoms with van der Waals surface area (Å²) >= 11 is 0. The highest BCUT2D eigenvalue weighted by Crippen LogP contribution is 2.21. The molecule has 2 N–H and O–H groups in total. The van der Waals surface area contributed by atoms with E-state index in [1.165, 1.54) is 9.47 Å². The molecular weight excluding hydrogens is 254 g/mol. The van der Waals surface area contributed by atoms with Crippen LogP contribution in [0.1, 0.15) is 26.5 Å². The first-order chi connectivity index (χ1) is 8.70. The van der Waals surface area contributed by atoms with Crippen molar-refractivity contribution in [3.05, 3.63) is 16.2 Å². The van der Waals surface area contributed by atoms with Gasteiger partial charge in [-0.05, 0) is 20.8 Å². The molecule has 0 saturated carbocycles. The molecule has 2 heterocycles. The summed E-state index contributed by atoms with van der Waals surface area (Å²) in [5.41, 5.74) is -1.12. The first-order valence-corrected chi connectivity index (χ1v) is 5.91. The Morgan fingerprint density at radius 3 is 2.53 bits per heavy atom. The molecule has 0 aliphatic carbocycles. The molecule has 8 heteroatoms. The van der Waals surface area contributed by atoms with Crippen LogP contribution in [0.2, 0.25) is 0 Å². The largest absolute Gasteiger partial charge is 0.491 e. The summed E-state index contributed by atoms with van der Waals surface area (Å²) in [6.07, 6.45) is -0.517. The zero-order valence-corrected chi connectivity index (χ0v) is 11.1. The Balaban J connectivity index is 2.21. The monoisotopic (exact) mass is 271 g/mol. The van der Waals surface area contributed by atoms with Crippen molar-refractivity contribution in [1.29, 1.82) is 0 Å². The average Bonchev–Trinajstić information content (AvgIpc) is 2.52. The van der Waals surface area contributed by atoms with Gasteiger partial charge < -0.3 is 20.0 Å². The molecule has 0 bridgehead atoms. The van der Waals surface area contributed by atoms with Gasteiger partial charge in [-0.1, -0.05) is 4.73 Å². The molecule has 1 aromatic heterocycles. The van der Waals surface area contributed by atoms with Gasteiger partial charge in [-0.25, -0.2) is 9.59 Å². The number of carbonyl (C=O) groups excluding carboxylic acids is 1. The van der Waals surface area contributed by atoms with Gasteiger partial charge in [0.25, 0.3) is 5.88 Å². The number of ether oxygens (including phenoxy) is 1. The Morgan fingerprint density at radius 2 is 1.95 bits per heavy atom. The van der Waals surface area contributed by atoms with Crippen molar-refractivity contribution < 1.29 is 19.8 Å². The molecule has 0 fully saturated rings. The molecule has 2 rings (SSSR count). The van der Waals surface area contributed by atoms with Crippen LogP contribution >= 0.6 is 0 Å². The second kappa shape index (κ2) is 4.22. The van der Waals surface area contributed by atoms with Gasteiger partial charge in [-0.15, -0.1) is 0 Å². The van der Waals surface area contributed by atoms with Gasteiger partial charge in [-0.3, -0.25) is 4.57 Å². The zero-order valence-electron chi connectivity index (χ0n) is 11.1. The number of nitrogens with zero attached hydrogens (tertiary/aromatic N) is 3. The molecular formula is C11H17N3O5. The maximum atomic E-state index is 11.9. The van der Waals surface area contributed by atoms with Crippen molar-refractivity contribution in [2.75, 3.05) is 6.54 Å². The van der Waals surface area contributed by atoms with Crippen LogP contribution in [0.5, 0.6) is 5.88 Å². The summed E-state index contributed by atoms with van der Waals surface area (Å²) in [6, 6.07) is 0. The van der Waals surface area contributed by atoms with Crippen LogP contribution in [0.25, 0.3) is 0 Å². The van der Waals surface area contributed by atoms with E-state index in [0.717, 1.165) is 0 Å². The fourth-order valence-electron chi connectivity index (χ4n) is 1.91. The van der Waals surface area contributed by atoms with E-state index in [0.29, 0.717) is 0 Å². The van der Waals surface area contributed by atoms with E-state index in [9.17, 15) is 19.9 Å². The van der Waals surface area contributed by atoms with Crippen LogP contribution < -0.4 is 5.69 Å². The van der Waals surface area contributed by atoms with E-state index in [4.69, 9.17) is 4.74 Å². The van der Waals surface area contributed by atoms with E-state index in [-0.39, 0.29) is 30.1 Å². The van der Waals surface area contributed by atoms with Gasteiger partial charge in [0.05, 0.1) is 6.54 Å². The summed E-state index contributed by atoms with van der Waals surface area (Å²) in [5.74, 6) is -0.543. The Bertz CT molecular complexity index is 566. The molecule has 106 valence electrons. The Morgan fingerprint density at radius 1 is 1.32 bits per heavy atom. The number of aromatic nitrogens is 2. The minimum absolute atomic E-state index is 0.0174. The Labute approximate surface area is 109 Å². The lowest BCUT2D eigenvalue weighted by Gasteiger charge is -2.30. The Hall–Kier alpha value is -2.12. The summed E-state index contributed by atoms with van der Waals surface area (Å²) in [5, 5.41) is 18.9. The lowest BCUT2D eigenvalue weighted by molar-refractivity contribution is 0.0196. The number of aromatic hydroxyl groups is 1. The van der Waals surface area contributed by atoms with Crippen LogP contribution in [0, 0.1) is 0 Å². The number of hydrogen-bond acceptors (Lipinski definition) is 5. The van der Waals surface area contributed by atoms with Gasteiger partial charge in [0.15, 0.2) is 0 Å². The van der Waals surface area contributed by atoms with Crippen molar-refractivity contribution in [2.45, 2.75) is 39.5 Å². The molecule has 1 aliphatic heterocycles. The quantitative estimate of drug-likeness (QED) is 0.663. The van der Waals surface area contributed by atoms with Gasteiger partial charge in [0.1, 0.15) is 11.3 Å². The number of hydrogen-bond donors (Lipinski definition) is 2. The second-order valence-corrected chi connectivity index (χ2v) is 5.42. The maximum absolute atomic E-state index is 11.9. The predicted octanol–water partition coefficient (Wildman–Crippen LogP) is 0.343. The topological polar surface area (TPSA) is 96.9 Å². The minimum Gasteiger partial charge on any atom is -0.491 e. The van der Waals surface area contributed by atoms with Gasteiger partial charge in [-0.2, -0.15) is 0 Å². The first-order valence-electron chi connectivity index (χ1n) is 5.91. The van der Waals surface area contributed by atoms with Crippen LogP contribution in [-0.2, 0) is 17.8 Å². The summed E-state index contributed by atoms with van der Waals surface area (Å²) in [6.45, 7) is 5.77. The predicted molar refractivity (Wildman–Crippen MR) is 64.2 cm³/mol. The highest BCUT2D eigenvalue weighted by Gasteiger charge is 2.30. The molecule has 0 radical (unpaired) electrons. The average molecular weight is 271 g/mol. The van der Waals surface area contributed by atoms with Crippen LogP contribution in [0.4, 0.5) is 4.79 Å². The molecule has 1 amide bonds. The van der Waals surface area contributed by atoms with Gasteiger partial charge in [0, 0.05) is 13.1 Å². The number of fused-ring (bicyclic) bond motifs is 1. The molecule has 8 nitrogen and oxygen atoms in total. The fourth-order valence-corrected chi connectivity index (χ4v) is 1.91. The standard InChI is InChI=1S/C11H17N3O5/c1-11(2,3)19-10(17)12-4-5-13-7(6-12)8(15)14(18)9(13)16/h15,18H,4-6H2,1-3H3. The number of carbonyl (C=O) groups is 1. The molecule has 0 atom stereocenters. The number of rotatable bonds is 0. The van der Waals surface area contributed by atoms with Gasteiger partial charge in [0.2, 0.25) is 0 Å². The van der Waals surface area contributed by atoms with Crippen LogP contribution in [-0.4, -0.2) is 42.8 Å². The second-order valence-electron chi connectivity index (χ2n) is 5.42. The SMILES string of the molecule is CC(C)(C)OC(=O)N1CCn2c(c(O)n(O)c2=O)C1. The molecule has 1 aliphatic rings. The normalized spacial score (nSPS) is 15.2. The van der Waals surface area contributed by atoms with E-state index in [2.05, 4.69) is 0 Å². The van der Waals surface area contributed by atoms with E-state index < -0.39 is 23.3 Å². The summed E-state index contributed by atoms with van der Waals surface area (Å²) in [4.78, 5) is 24.8.